The van der Waals surface area contributed by atoms with E-state index in [-0.39, 0.29) is 5.78 Å². The fourth-order valence-electron chi connectivity index (χ4n) is 2.28. The summed E-state index contributed by atoms with van der Waals surface area (Å²) < 4.78 is 6.08. The molecular formula is C16H13BrN2O2. The molecule has 0 saturated heterocycles. The number of aromatic nitrogens is 1. The number of nitrogens with one attached hydrogen (secondary N) is 1. The van der Waals surface area contributed by atoms with Crippen LogP contribution in [-0.2, 0) is 0 Å². The summed E-state index contributed by atoms with van der Waals surface area (Å²) in [5.41, 5.74) is 8.30. The first-order chi connectivity index (χ1) is 10.1. The molecule has 3 N–H and O–H groups in total. The number of nitrogen functional groups attached to an aromatic ring is 1. The van der Waals surface area contributed by atoms with Gasteiger partial charge >= 0.3 is 0 Å². The Hall–Kier alpha value is -2.27. The number of methoxy groups -OCH3 is 1. The molecule has 21 heavy (non-hydrogen) atoms. The molecule has 0 bridgehead atoms. The van der Waals surface area contributed by atoms with Crippen LogP contribution in [0.1, 0.15) is 15.9 Å². The van der Waals surface area contributed by atoms with Gasteiger partial charge in [-0.3, -0.25) is 4.79 Å². The van der Waals surface area contributed by atoms with Crippen LogP contribution in [-0.4, -0.2) is 17.9 Å². The summed E-state index contributed by atoms with van der Waals surface area (Å²) in [4.78, 5) is 15.9. The van der Waals surface area contributed by atoms with Crippen LogP contribution in [0.2, 0.25) is 0 Å². The Labute approximate surface area is 130 Å². The van der Waals surface area contributed by atoms with E-state index < -0.39 is 0 Å². The third-order valence-electron chi connectivity index (χ3n) is 3.39. The van der Waals surface area contributed by atoms with Crippen molar-refractivity contribution in [3.8, 4) is 5.75 Å². The lowest BCUT2D eigenvalue weighted by molar-refractivity contribution is 0.104. The van der Waals surface area contributed by atoms with E-state index in [0.29, 0.717) is 22.6 Å². The average molecular weight is 345 g/mol. The maximum absolute atomic E-state index is 12.8. The lowest BCUT2D eigenvalue weighted by atomic mass is 10.0. The molecule has 0 aliphatic heterocycles. The number of benzene rings is 2. The second kappa shape index (κ2) is 5.26. The fraction of sp³-hybridized carbons (Fsp3) is 0.0625. The van der Waals surface area contributed by atoms with Gasteiger partial charge in [-0.15, -0.1) is 0 Å². The van der Waals surface area contributed by atoms with Crippen LogP contribution in [0.15, 0.2) is 47.1 Å². The molecule has 2 aromatic carbocycles. The van der Waals surface area contributed by atoms with E-state index in [4.69, 9.17) is 10.5 Å². The Morgan fingerprint density at radius 2 is 2.00 bits per heavy atom. The molecule has 0 amide bonds. The quantitative estimate of drug-likeness (QED) is 0.561. The van der Waals surface area contributed by atoms with Crippen molar-refractivity contribution in [2.75, 3.05) is 12.8 Å². The van der Waals surface area contributed by atoms with Crippen molar-refractivity contribution in [1.29, 1.82) is 0 Å². The molecule has 0 fully saturated rings. The third-order valence-corrected chi connectivity index (χ3v) is 3.89. The zero-order chi connectivity index (χ0) is 15.0. The number of hydrogen-bond donors (Lipinski definition) is 2. The van der Waals surface area contributed by atoms with Crippen LogP contribution >= 0.6 is 15.9 Å². The van der Waals surface area contributed by atoms with Crippen LogP contribution < -0.4 is 10.5 Å². The Kier molecular flexibility index (Phi) is 3.43. The van der Waals surface area contributed by atoms with E-state index in [1.54, 1.807) is 31.5 Å². The van der Waals surface area contributed by atoms with Gasteiger partial charge in [0.15, 0.2) is 5.78 Å². The molecule has 0 atom stereocenters. The minimum Gasteiger partial charge on any atom is -0.497 e. The lowest BCUT2D eigenvalue weighted by Crippen LogP contribution is -2.05. The van der Waals surface area contributed by atoms with Gasteiger partial charge in [-0.1, -0.05) is 15.9 Å². The molecule has 4 nitrogen and oxygen atoms in total. The van der Waals surface area contributed by atoms with Crippen molar-refractivity contribution < 1.29 is 9.53 Å². The summed E-state index contributed by atoms with van der Waals surface area (Å²) in [6.07, 6.45) is 1.71. The highest BCUT2D eigenvalue weighted by Crippen LogP contribution is 2.28. The number of anilines is 1. The number of carbonyl (C=O) groups excluding carboxylic acids is 1. The molecule has 3 aromatic rings. The molecule has 0 aliphatic carbocycles. The van der Waals surface area contributed by atoms with Crippen molar-refractivity contribution in [2.45, 2.75) is 0 Å². The lowest BCUT2D eigenvalue weighted by Gasteiger charge is -2.07. The summed E-state index contributed by atoms with van der Waals surface area (Å²) in [5, 5.41) is 0.858. The van der Waals surface area contributed by atoms with Crippen LogP contribution in [0.4, 0.5) is 5.69 Å². The minimum atomic E-state index is -0.129. The van der Waals surface area contributed by atoms with Crippen molar-refractivity contribution >= 4 is 38.3 Å². The van der Waals surface area contributed by atoms with Crippen LogP contribution in [0.5, 0.6) is 5.75 Å². The van der Waals surface area contributed by atoms with E-state index in [1.807, 2.05) is 18.2 Å². The summed E-state index contributed by atoms with van der Waals surface area (Å²) in [6, 6.07) is 10.8. The highest BCUT2D eigenvalue weighted by molar-refractivity contribution is 9.10. The predicted molar refractivity (Wildman–Crippen MR) is 86.8 cm³/mol. The summed E-state index contributed by atoms with van der Waals surface area (Å²) in [5.74, 6) is 0.476. The third kappa shape index (κ3) is 2.40. The number of fused-ring (bicyclic) bond motifs is 1. The Morgan fingerprint density at radius 1 is 1.19 bits per heavy atom. The monoisotopic (exact) mass is 344 g/mol. The molecule has 1 aromatic heterocycles. The van der Waals surface area contributed by atoms with Crippen LogP contribution in [0.25, 0.3) is 10.9 Å². The van der Waals surface area contributed by atoms with Crippen molar-refractivity contribution in [3.63, 3.8) is 0 Å². The highest BCUT2D eigenvalue weighted by Gasteiger charge is 2.17. The van der Waals surface area contributed by atoms with Crippen LogP contribution in [0, 0.1) is 0 Å². The number of ether oxygens (including phenoxy) is 1. The van der Waals surface area contributed by atoms with Gasteiger partial charge in [-0.05, 0) is 36.4 Å². The van der Waals surface area contributed by atoms with E-state index in [2.05, 4.69) is 20.9 Å². The molecule has 0 aliphatic rings. The van der Waals surface area contributed by atoms with Gasteiger partial charge < -0.3 is 15.5 Å². The second-order valence-electron chi connectivity index (χ2n) is 4.67. The van der Waals surface area contributed by atoms with Crippen molar-refractivity contribution in [2.24, 2.45) is 0 Å². The van der Waals surface area contributed by atoms with E-state index >= 15 is 0 Å². The van der Waals surface area contributed by atoms with E-state index in [1.165, 1.54) is 0 Å². The largest absolute Gasteiger partial charge is 0.497 e. The number of hydrogen-bond acceptors (Lipinski definition) is 3. The second-order valence-corrected chi connectivity index (χ2v) is 5.59. The molecule has 3 rings (SSSR count). The van der Waals surface area contributed by atoms with Gasteiger partial charge in [0, 0.05) is 38.4 Å². The zero-order valence-corrected chi connectivity index (χ0v) is 12.9. The van der Waals surface area contributed by atoms with Gasteiger partial charge in [0.2, 0.25) is 0 Å². The molecule has 0 unspecified atom stereocenters. The number of nitrogens with two attached hydrogens (primary N) is 1. The average Bonchev–Trinajstić information content (AvgIpc) is 2.90. The number of halogens is 1. The zero-order valence-electron chi connectivity index (χ0n) is 11.3. The van der Waals surface area contributed by atoms with Gasteiger partial charge in [0.05, 0.1) is 7.11 Å². The van der Waals surface area contributed by atoms with Gasteiger partial charge in [-0.2, -0.15) is 0 Å². The predicted octanol–water partition coefficient (Wildman–Crippen LogP) is 3.75. The molecule has 0 spiro atoms. The number of rotatable bonds is 3. The molecule has 5 heteroatoms. The van der Waals surface area contributed by atoms with Crippen molar-refractivity contribution in [3.05, 3.63) is 58.2 Å². The SMILES string of the molecule is COc1ccc(N)c(C(=O)c2c[nH]c3ccc(Br)cc23)c1. The molecule has 1 heterocycles. The van der Waals surface area contributed by atoms with E-state index in [9.17, 15) is 4.79 Å². The summed E-state index contributed by atoms with van der Waals surface area (Å²) in [6.45, 7) is 0. The molecule has 0 saturated carbocycles. The summed E-state index contributed by atoms with van der Waals surface area (Å²) in [7, 11) is 1.56. The molecular weight excluding hydrogens is 332 g/mol. The number of carbonyl (C=O) groups is 1. The molecule has 0 radical (unpaired) electrons. The van der Waals surface area contributed by atoms with Gasteiger partial charge in [0.1, 0.15) is 5.75 Å². The van der Waals surface area contributed by atoms with Crippen LogP contribution in [0.3, 0.4) is 0 Å². The van der Waals surface area contributed by atoms with E-state index in [0.717, 1.165) is 15.4 Å². The smallest absolute Gasteiger partial charge is 0.197 e. The standard InChI is InChI=1S/C16H13BrN2O2/c1-21-10-3-4-14(18)12(7-10)16(20)13-8-19-15-5-2-9(17)6-11(13)15/h2-8,19H,18H2,1H3. The minimum absolute atomic E-state index is 0.129. The molecule has 106 valence electrons. The first-order valence-corrected chi connectivity index (χ1v) is 7.14. The maximum Gasteiger partial charge on any atom is 0.197 e. The van der Waals surface area contributed by atoms with Gasteiger partial charge in [0.25, 0.3) is 0 Å². The summed E-state index contributed by atoms with van der Waals surface area (Å²) >= 11 is 3.42. The fourth-order valence-corrected chi connectivity index (χ4v) is 2.65. The number of aromatic amines is 1. The Morgan fingerprint density at radius 3 is 2.76 bits per heavy atom. The first kappa shape index (κ1) is 13.7. The van der Waals surface area contributed by atoms with Crippen molar-refractivity contribution in [1.82, 2.24) is 4.98 Å². The number of H-pyrrole nitrogens is 1. The number of ketones is 1. The highest BCUT2D eigenvalue weighted by atomic mass is 79.9. The Bertz CT molecular complexity index is 839. The normalized spacial score (nSPS) is 10.8. The maximum atomic E-state index is 12.8. The Balaban J connectivity index is 2.14. The van der Waals surface area contributed by atoms with Gasteiger partial charge in [-0.25, -0.2) is 0 Å². The topological polar surface area (TPSA) is 68.1 Å². The first-order valence-electron chi connectivity index (χ1n) is 6.35.